The smallest absolute Gasteiger partial charge is 0.287 e. The Kier molecular flexibility index (Phi) is 4.45. The normalized spacial score (nSPS) is 10.8. The fraction of sp³-hybridized carbons (Fsp3) is 0.308. The fourth-order valence-electron chi connectivity index (χ4n) is 1.65. The molecule has 2 aromatic rings. The number of halogens is 2. The molecule has 0 aliphatic carbocycles. The van der Waals surface area contributed by atoms with Gasteiger partial charge in [-0.3, -0.25) is 4.79 Å². The van der Waals surface area contributed by atoms with Crippen molar-refractivity contribution < 1.29 is 9.21 Å². The van der Waals surface area contributed by atoms with Gasteiger partial charge in [-0.25, -0.2) is 0 Å². The summed E-state index contributed by atoms with van der Waals surface area (Å²) in [5.74, 6) is 0.183. The van der Waals surface area contributed by atoms with Crippen molar-refractivity contribution in [2.75, 3.05) is 6.54 Å². The average molecular weight is 375 g/mol. The lowest BCUT2D eigenvalue weighted by molar-refractivity contribution is 0.0927. The van der Waals surface area contributed by atoms with Crippen molar-refractivity contribution in [3.05, 3.63) is 32.9 Å². The van der Waals surface area contributed by atoms with E-state index in [9.17, 15) is 4.79 Å². The van der Waals surface area contributed by atoms with Crippen molar-refractivity contribution in [2.24, 2.45) is 0 Å². The Morgan fingerprint density at radius 3 is 2.83 bits per heavy atom. The summed E-state index contributed by atoms with van der Waals surface area (Å²) >= 11 is 6.83. The van der Waals surface area contributed by atoms with Crippen LogP contribution in [0.2, 0.25) is 0 Å². The van der Waals surface area contributed by atoms with E-state index in [2.05, 4.69) is 44.1 Å². The van der Waals surface area contributed by atoms with Gasteiger partial charge in [-0.1, -0.05) is 29.3 Å². The van der Waals surface area contributed by atoms with Crippen LogP contribution in [0.25, 0.3) is 11.0 Å². The molecule has 0 atom stereocenters. The van der Waals surface area contributed by atoms with Crippen molar-refractivity contribution in [3.63, 3.8) is 0 Å². The van der Waals surface area contributed by atoms with Gasteiger partial charge >= 0.3 is 0 Å². The highest BCUT2D eigenvalue weighted by Gasteiger charge is 2.13. The van der Waals surface area contributed by atoms with Gasteiger partial charge in [0.1, 0.15) is 5.58 Å². The van der Waals surface area contributed by atoms with Crippen LogP contribution in [-0.2, 0) is 0 Å². The van der Waals surface area contributed by atoms with Crippen molar-refractivity contribution in [1.82, 2.24) is 5.32 Å². The molecule has 0 spiro atoms. The summed E-state index contributed by atoms with van der Waals surface area (Å²) < 4.78 is 7.34. The molecule has 1 amide bonds. The molecule has 0 bridgehead atoms. The van der Waals surface area contributed by atoms with E-state index < -0.39 is 0 Å². The van der Waals surface area contributed by atoms with Crippen molar-refractivity contribution >= 4 is 48.7 Å². The minimum absolute atomic E-state index is 0.164. The number of fused-ring (bicyclic) bond motifs is 1. The number of benzene rings is 1. The van der Waals surface area contributed by atoms with Gasteiger partial charge in [0, 0.05) is 16.4 Å². The van der Waals surface area contributed by atoms with Crippen LogP contribution in [0.3, 0.4) is 0 Å². The molecule has 1 N–H and O–H groups in total. The molecule has 96 valence electrons. The summed E-state index contributed by atoms with van der Waals surface area (Å²) in [6.45, 7) is 2.76. The number of nitrogens with one attached hydrogen (secondary N) is 1. The lowest BCUT2D eigenvalue weighted by Crippen LogP contribution is -2.23. The zero-order valence-corrected chi connectivity index (χ0v) is 13.1. The molecule has 0 radical (unpaired) electrons. The van der Waals surface area contributed by atoms with E-state index >= 15 is 0 Å². The van der Waals surface area contributed by atoms with Gasteiger partial charge in [0.25, 0.3) is 5.91 Å². The third kappa shape index (κ3) is 2.95. The first kappa shape index (κ1) is 13.6. The molecular weight excluding hydrogens is 362 g/mol. The molecule has 0 unspecified atom stereocenters. The Morgan fingerprint density at radius 1 is 1.33 bits per heavy atom. The van der Waals surface area contributed by atoms with Crippen molar-refractivity contribution in [1.29, 1.82) is 0 Å². The van der Waals surface area contributed by atoms with Crippen LogP contribution in [0.5, 0.6) is 0 Å². The van der Waals surface area contributed by atoms with E-state index in [4.69, 9.17) is 4.42 Å². The van der Waals surface area contributed by atoms with E-state index in [0.717, 1.165) is 27.2 Å². The molecule has 18 heavy (non-hydrogen) atoms. The van der Waals surface area contributed by atoms with E-state index in [1.54, 1.807) is 6.07 Å². The highest BCUT2D eigenvalue weighted by Crippen LogP contribution is 2.30. The predicted molar refractivity (Wildman–Crippen MR) is 78.9 cm³/mol. The standard InChI is InChI=1S/C13H13Br2NO2/c1-2-3-4-16-13(17)11-6-8-5-9(14)7-10(15)12(8)18-11/h5-7H,2-4H2,1H3,(H,16,17). The minimum atomic E-state index is -0.164. The third-order valence-electron chi connectivity index (χ3n) is 2.58. The summed E-state index contributed by atoms with van der Waals surface area (Å²) in [4.78, 5) is 11.9. The van der Waals surface area contributed by atoms with E-state index in [1.165, 1.54) is 0 Å². The monoisotopic (exact) mass is 373 g/mol. The molecule has 0 saturated carbocycles. The van der Waals surface area contributed by atoms with Gasteiger partial charge in [0.2, 0.25) is 0 Å². The first-order valence-corrected chi connectivity index (χ1v) is 7.37. The number of amides is 1. The summed E-state index contributed by atoms with van der Waals surface area (Å²) in [6.07, 6.45) is 2.03. The highest BCUT2D eigenvalue weighted by molar-refractivity contribution is 9.11. The highest BCUT2D eigenvalue weighted by atomic mass is 79.9. The van der Waals surface area contributed by atoms with Gasteiger partial charge in [-0.05, 0) is 40.5 Å². The first-order valence-electron chi connectivity index (χ1n) is 5.78. The zero-order chi connectivity index (χ0) is 13.1. The quantitative estimate of drug-likeness (QED) is 0.801. The topological polar surface area (TPSA) is 42.2 Å². The number of carbonyl (C=O) groups is 1. The molecule has 0 aliphatic heterocycles. The Hall–Kier alpha value is -0.810. The number of rotatable bonds is 4. The number of hydrogen-bond acceptors (Lipinski definition) is 2. The van der Waals surface area contributed by atoms with E-state index in [-0.39, 0.29) is 5.91 Å². The molecule has 1 heterocycles. The second-order valence-electron chi connectivity index (χ2n) is 4.03. The van der Waals surface area contributed by atoms with Crippen LogP contribution in [0, 0.1) is 0 Å². The fourth-order valence-corrected chi connectivity index (χ4v) is 2.99. The van der Waals surface area contributed by atoms with Gasteiger partial charge in [0.05, 0.1) is 4.47 Å². The molecule has 3 nitrogen and oxygen atoms in total. The largest absolute Gasteiger partial charge is 0.450 e. The number of furan rings is 1. The van der Waals surface area contributed by atoms with Gasteiger partial charge < -0.3 is 9.73 Å². The van der Waals surface area contributed by atoms with Crippen LogP contribution >= 0.6 is 31.9 Å². The van der Waals surface area contributed by atoms with Gasteiger partial charge in [-0.15, -0.1) is 0 Å². The first-order chi connectivity index (χ1) is 8.61. The maximum absolute atomic E-state index is 11.9. The van der Waals surface area contributed by atoms with E-state index in [0.29, 0.717) is 17.9 Å². The molecule has 5 heteroatoms. The molecule has 2 rings (SSSR count). The van der Waals surface area contributed by atoms with Crippen molar-refractivity contribution in [2.45, 2.75) is 19.8 Å². The van der Waals surface area contributed by atoms with E-state index in [1.807, 2.05) is 12.1 Å². The second-order valence-corrected chi connectivity index (χ2v) is 5.80. The SMILES string of the molecule is CCCCNC(=O)c1cc2cc(Br)cc(Br)c2o1. The van der Waals surface area contributed by atoms with Crippen LogP contribution in [0.1, 0.15) is 30.3 Å². The van der Waals surface area contributed by atoms with Gasteiger partial charge in [-0.2, -0.15) is 0 Å². The lowest BCUT2D eigenvalue weighted by Gasteiger charge is -2.00. The molecule has 1 aromatic carbocycles. The Balaban J connectivity index is 2.24. The summed E-state index contributed by atoms with van der Waals surface area (Å²) in [5.41, 5.74) is 0.693. The van der Waals surface area contributed by atoms with Crippen LogP contribution < -0.4 is 5.32 Å². The molecular formula is C13H13Br2NO2. The number of unbranched alkanes of at least 4 members (excludes halogenated alkanes) is 1. The van der Waals surface area contributed by atoms with Crippen LogP contribution in [-0.4, -0.2) is 12.5 Å². The minimum Gasteiger partial charge on any atom is -0.450 e. The Morgan fingerprint density at radius 2 is 2.11 bits per heavy atom. The Bertz CT molecular complexity index is 578. The molecule has 0 fully saturated rings. The predicted octanol–water partition coefficient (Wildman–Crippen LogP) is 4.49. The zero-order valence-electron chi connectivity index (χ0n) is 9.93. The summed E-state index contributed by atoms with van der Waals surface area (Å²) in [5, 5.41) is 3.74. The summed E-state index contributed by atoms with van der Waals surface area (Å²) in [6, 6.07) is 5.57. The lowest BCUT2D eigenvalue weighted by atomic mass is 10.2. The molecule has 0 aliphatic rings. The third-order valence-corrected chi connectivity index (χ3v) is 3.62. The van der Waals surface area contributed by atoms with Gasteiger partial charge in [0.15, 0.2) is 5.76 Å². The average Bonchev–Trinajstić information content (AvgIpc) is 2.73. The maximum Gasteiger partial charge on any atom is 0.287 e. The number of hydrogen-bond donors (Lipinski definition) is 1. The van der Waals surface area contributed by atoms with Crippen LogP contribution in [0.15, 0.2) is 31.6 Å². The second kappa shape index (κ2) is 5.89. The molecule has 0 saturated heterocycles. The number of carbonyl (C=O) groups excluding carboxylic acids is 1. The molecule has 1 aromatic heterocycles. The van der Waals surface area contributed by atoms with Crippen molar-refractivity contribution in [3.8, 4) is 0 Å². The summed E-state index contributed by atoms with van der Waals surface area (Å²) in [7, 11) is 0. The Labute approximate surface area is 122 Å². The van der Waals surface area contributed by atoms with Crippen LogP contribution in [0.4, 0.5) is 0 Å². The maximum atomic E-state index is 11.9.